The van der Waals surface area contributed by atoms with Crippen molar-refractivity contribution >= 4 is 11.8 Å². The van der Waals surface area contributed by atoms with E-state index in [1.807, 2.05) is 24.3 Å². The average Bonchev–Trinajstić information content (AvgIpc) is 2.55. The number of ether oxygens (including phenoxy) is 2. The Morgan fingerprint density at radius 2 is 1.64 bits per heavy atom. The van der Waals surface area contributed by atoms with Crippen LogP contribution in [-0.4, -0.2) is 13.2 Å². The number of hydrogen-bond donors (Lipinski definition) is 1. The molecular formula is C18H21NO3. The first kappa shape index (κ1) is 15.9. The molecule has 0 atom stereocenters. The number of carbonyl (C=O) groups excluding carboxylic acids is 1. The van der Waals surface area contributed by atoms with Crippen LogP contribution in [-0.2, 0) is 6.42 Å². The van der Waals surface area contributed by atoms with E-state index in [1.54, 1.807) is 31.4 Å². The van der Waals surface area contributed by atoms with Crippen molar-refractivity contribution in [2.45, 2.75) is 26.2 Å². The van der Waals surface area contributed by atoms with Gasteiger partial charge >= 0.3 is 6.09 Å². The first-order chi connectivity index (χ1) is 10.7. The molecule has 2 aromatic carbocycles. The molecule has 0 aliphatic carbocycles. The molecule has 22 heavy (non-hydrogen) atoms. The minimum atomic E-state index is -0.508. The van der Waals surface area contributed by atoms with E-state index < -0.39 is 6.09 Å². The summed E-state index contributed by atoms with van der Waals surface area (Å²) in [4.78, 5) is 11.8. The quantitative estimate of drug-likeness (QED) is 0.844. The van der Waals surface area contributed by atoms with Crippen LogP contribution in [0.2, 0.25) is 0 Å². The van der Waals surface area contributed by atoms with E-state index in [1.165, 1.54) is 18.4 Å². The van der Waals surface area contributed by atoms with Gasteiger partial charge in [-0.15, -0.1) is 0 Å². The summed E-state index contributed by atoms with van der Waals surface area (Å²) in [6.45, 7) is 2.17. The molecule has 0 aromatic heterocycles. The van der Waals surface area contributed by atoms with Crippen molar-refractivity contribution < 1.29 is 14.3 Å². The maximum atomic E-state index is 11.8. The van der Waals surface area contributed by atoms with Crippen LogP contribution in [0.15, 0.2) is 48.5 Å². The predicted molar refractivity (Wildman–Crippen MR) is 87.7 cm³/mol. The molecule has 0 saturated carbocycles. The van der Waals surface area contributed by atoms with Gasteiger partial charge in [0.2, 0.25) is 0 Å². The number of aryl methyl sites for hydroxylation is 1. The minimum absolute atomic E-state index is 0.470. The Balaban J connectivity index is 1.88. The molecule has 1 amide bonds. The normalized spacial score (nSPS) is 10.1. The molecule has 2 aromatic rings. The highest BCUT2D eigenvalue weighted by molar-refractivity contribution is 5.86. The monoisotopic (exact) mass is 299 g/mol. The summed E-state index contributed by atoms with van der Waals surface area (Å²) >= 11 is 0. The van der Waals surface area contributed by atoms with Crippen LogP contribution < -0.4 is 14.8 Å². The number of methoxy groups -OCH3 is 1. The van der Waals surface area contributed by atoms with Gasteiger partial charge < -0.3 is 9.47 Å². The zero-order valence-electron chi connectivity index (χ0n) is 13.0. The lowest BCUT2D eigenvalue weighted by atomic mass is 10.1. The van der Waals surface area contributed by atoms with Gasteiger partial charge in [0.1, 0.15) is 11.5 Å². The Bertz CT molecular complexity index is 591. The molecule has 0 bridgehead atoms. The largest absolute Gasteiger partial charge is 0.497 e. The van der Waals surface area contributed by atoms with E-state index in [-0.39, 0.29) is 0 Å². The second-order valence-electron chi connectivity index (χ2n) is 4.99. The molecular weight excluding hydrogens is 278 g/mol. The smallest absolute Gasteiger partial charge is 0.417 e. The standard InChI is InChI=1S/C18H21NO3/c1-3-4-5-14-6-8-15(9-7-14)19-18(20)22-17-12-10-16(21-2)11-13-17/h6-13H,3-5H2,1-2H3,(H,19,20). The highest BCUT2D eigenvalue weighted by Gasteiger charge is 2.05. The predicted octanol–water partition coefficient (Wildman–Crippen LogP) is 4.65. The first-order valence-electron chi connectivity index (χ1n) is 7.43. The van der Waals surface area contributed by atoms with Gasteiger partial charge in [-0.3, -0.25) is 5.32 Å². The van der Waals surface area contributed by atoms with E-state index >= 15 is 0 Å². The third-order valence-electron chi connectivity index (χ3n) is 3.29. The van der Waals surface area contributed by atoms with Gasteiger partial charge in [-0.05, 0) is 54.8 Å². The van der Waals surface area contributed by atoms with Gasteiger partial charge in [-0.1, -0.05) is 25.5 Å². The van der Waals surface area contributed by atoms with E-state index in [0.29, 0.717) is 5.75 Å². The van der Waals surface area contributed by atoms with Gasteiger partial charge in [-0.25, -0.2) is 4.79 Å². The molecule has 2 rings (SSSR count). The molecule has 4 heteroatoms. The zero-order chi connectivity index (χ0) is 15.8. The molecule has 0 spiro atoms. The number of hydrogen-bond acceptors (Lipinski definition) is 3. The summed E-state index contributed by atoms with van der Waals surface area (Å²) in [6, 6.07) is 14.7. The van der Waals surface area contributed by atoms with Crippen LogP contribution >= 0.6 is 0 Å². The molecule has 0 saturated heterocycles. The van der Waals surface area contributed by atoms with Crippen molar-refractivity contribution in [2.75, 3.05) is 12.4 Å². The van der Waals surface area contributed by atoms with Crippen LogP contribution in [0.5, 0.6) is 11.5 Å². The van der Waals surface area contributed by atoms with Crippen molar-refractivity contribution in [1.82, 2.24) is 0 Å². The van der Waals surface area contributed by atoms with Gasteiger partial charge in [0.15, 0.2) is 0 Å². The fourth-order valence-electron chi connectivity index (χ4n) is 2.03. The lowest BCUT2D eigenvalue weighted by Crippen LogP contribution is -2.16. The number of benzene rings is 2. The fourth-order valence-corrected chi connectivity index (χ4v) is 2.03. The topological polar surface area (TPSA) is 47.6 Å². The molecule has 0 aliphatic heterocycles. The molecule has 0 heterocycles. The molecule has 116 valence electrons. The Morgan fingerprint density at radius 1 is 1.00 bits per heavy atom. The summed E-state index contributed by atoms with van der Waals surface area (Å²) in [5.74, 6) is 1.19. The second kappa shape index (κ2) is 8.08. The van der Waals surface area contributed by atoms with Gasteiger partial charge in [0.05, 0.1) is 7.11 Å². The van der Waals surface area contributed by atoms with Gasteiger partial charge in [0, 0.05) is 5.69 Å². The number of unbranched alkanes of at least 4 members (excludes halogenated alkanes) is 1. The Morgan fingerprint density at radius 3 is 2.23 bits per heavy atom. The zero-order valence-corrected chi connectivity index (χ0v) is 13.0. The molecule has 0 aliphatic rings. The van der Waals surface area contributed by atoms with Crippen LogP contribution in [0.3, 0.4) is 0 Å². The Labute approximate surface area is 131 Å². The van der Waals surface area contributed by atoms with Crippen molar-refractivity contribution in [1.29, 1.82) is 0 Å². The van der Waals surface area contributed by atoms with E-state index in [0.717, 1.165) is 17.9 Å². The van der Waals surface area contributed by atoms with Crippen LogP contribution in [0, 0.1) is 0 Å². The van der Waals surface area contributed by atoms with Crippen molar-refractivity contribution in [3.63, 3.8) is 0 Å². The van der Waals surface area contributed by atoms with Crippen molar-refractivity contribution in [3.8, 4) is 11.5 Å². The Hall–Kier alpha value is -2.49. The summed E-state index contributed by atoms with van der Waals surface area (Å²) in [7, 11) is 1.59. The summed E-state index contributed by atoms with van der Waals surface area (Å²) < 4.78 is 10.3. The number of nitrogens with one attached hydrogen (secondary N) is 1. The van der Waals surface area contributed by atoms with E-state index in [4.69, 9.17) is 9.47 Å². The third kappa shape index (κ3) is 4.81. The van der Waals surface area contributed by atoms with Crippen molar-refractivity contribution in [3.05, 3.63) is 54.1 Å². The van der Waals surface area contributed by atoms with Crippen molar-refractivity contribution in [2.24, 2.45) is 0 Å². The van der Waals surface area contributed by atoms with Gasteiger partial charge in [0.25, 0.3) is 0 Å². The summed E-state index contributed by atoms with van der Waals surface area (Å²) in [5.41, 5.74) is 2.00. The number of amides is 1. The lowest BCUT2D eigenvalue weighted by molar-refractivity contribution is 0.215. The number of rotatable bonds is 6. The second-order valence-corrected chi connectivity index (χ2v) is 4.99. The van der Waals surface area contributed by atoms with Crippen LogP contribution in [0.25, 0.3) is 0 Å². The maximum absolute atomic E-state index is 11.8. The first-order valence-corrected chi connectivity index (χ1v) is 7.43. The molecule has 4 nitrogen and oxygen atoms in total. The van der Waals surface area contributed by atoms with E-state index in [2.05, 4.69) is 12.2 Å². The maximum Gasteiger partial charge on any atom is 0.417 e. The third-order valence-corrected chi connectivity index (χ3v) is 3.29. The molecule has 1 N–H and O–H groups in total. The highest BCUT2D eigenvalue weighted by atomic mass is 16.6. The highest BCUT2D eigenvalue weighted by Crippen LogP contribution is 2.18. The summed E-state index contributed by atoms with van der Waals surface area (Å²) in [6.07, 6.45) is 2.90. The van der Waals surface area contributed by atoms with Crippen LogP contribution in [0.1, 0.15) is 25.3 Å². The lowest BCUT2D eigenvalue weighted by Gasteiger charge is -2.08. The molecule has 0 unspecified atom stereocenters. The SMILES string of the molecule is CCCCc1ccc(NC(=O)Oc2ccc(OC)cc2)cc1. The summed E-state index contributed by atoms with van der Waals surface area (Å²) in [5, 5.41) is 2.71. The number of carbonyl (C=O) groups is 1. The molecule has 0 fully saturated rings. The van der Waals surface area contributed by atoms with Crippen LogP contribution in [0.4, 0.5) is 10.5 Å². The fraction of sp³-hybridized carbons (Fsp3) is 0.278. The van der Waals surface area contributed by atoms with Gasteiger partial charge in [-0.2, -0.15) is 0 Å². The molecule has 0 radical (unpaired) electrons. The van der Waals surface area contributed by atoms with E-state index in [9.17, 15) is 4.79 Å². The minimum Gasteiger partial charge on any atom is -0.497 e. The number of anilines is 1. The Kier molecular flexibility index (Phi) is 5.83. The average molecular weight is 299 g/mol.